The average Bonchev–Trinajstić information content (AvgIpc) is 2.30. The number of rotatable bonds is 6. The molecule has 0 bridgehead atoms. The first-order valence-electron chi connectivity index (χ1n) is 6.64. The van der Waals surface area contributed by atoms with E-state index in [1.54, 1.807) is 6.07 Å². The lowest BCUT2D eigenvalue weighted by atomic mass is 10.0. The van der Waals surface area contributed by atoms with Crippen molar-refractivity contribution in [2.75, 3.05) is 31.7 Å². The highest BCUT2D eigenvalue weighted by Gasteiger charge is 2.14. The topological polar surface area (TPSA) is 65.1 Å². The van der Waals surface area contributed by atoms with Gasteiger partial charge in [-0.25, -0.2) is 0 Å². The van der Waals surface area contributed by atoms with Crippen molar-refractivity contribution in [3.8, 4) is 6.07 Å². The van der Waals surface area contributed by atoms with Crippen molar-refractivity contribution < 1.29 is 0 Å². The molecule has 1 aromatic rings. The summed E-state index contributed by atoms with van der Waals surface area (Å²) in [6, 6.07) is 7.97. The van der Waals surface area contributed by atoms with Crippen LogP contribution in [0.1, 0.15) is 25.8 Å². The van der Waals surface area contributed by atoms with E-state index in [-0.39, 0.29) is 0 Å². The quantitative estimate of drug-likeness (QED) is 0.771. The van der Waals surface area contributed by atoms with Gasteiger partial charge >= 0.3 is 0 Å². The molecule has 4 nitrogen and oxygen atoms in total. The molecule has 0 spiro atoms. The van der Waals surface area contributed by atoms with Gasteiger partial charge in [-0.3, -0.25) is 0 Å². The van der Waals surface area contributed by atoms with Crippen LogP contribution >= 0.6 is 0 Å². The molecule has 0 fully saturated rings. The molecule has 1 atom stereocenters. The van der Waals surface area contributed by atoms with E-state index in [9.17, 15) is 0 Å². The number of hydrogen-bond acceptors (Lipinski definition) is 4. The highest BCUT2D eigenvalue weighted by molar-refractivity contribution is 5.73. The van der Waals surface area contributed by atoms with Crippen molar-refractivity contribution in [2.45, 2.75) is 26.3 Å². The fraction of sp³-hybridized carbons (Fsp3) is 0.533. The standard InChI is InChI=1S/C15H24N4/c1-11(2)8-13(10-19(3)4)18-14-7-5-6-12(9-16)15(14)17/h5-7,11,13,18H,8,10,17H2,1-4H3. The molecule has 19 heavy (non-hydrogen) atoms. The van der Waals surface area contributed by atoms with Gasteiger partial charge in [-0.15, -0.1) is 0 Å². The highest BCUT2D eigenvalue weighted by atomic mass is 15.1. The third kappa shape index (κ3) is 4.80. The van der Waals surface area contributed by atoms with Crippen molar-refractivity contribution in [1.29, 1.82) is 5.26 Å². The molecule has 1 unspecified atom stereocenters. The molecular formula is C15H24N4. The molecule has 1 rings (SSSR count). The van der Waals surface area contributed by atoms with Crippen LogP contribution in [0.2, 0.25) is 0 Å². The molecule has 104 valence electrons. The third-order valence-electron chi connectivity index (χ3n) is 2.93. The van der Waals surface area contributed by atoms with Gasteiger partial charge in [-0.1, -0.05) is 19.9 Å². The minimum Gasteiger partial charge on any atom is -0.396 e. The van der Waals surface area contributed by atoms with Crippen molar-refractivity contribution in [3.05, 3.63) is 23.8 Å². The average molecular weight is 260 g/mol. The van der Waals surface area contributed by atoms with E-state index in [1.165, 1.54) is 0 Å². The Morgan fingerprint density at radius 3 is 2.58 bits per heavy atom. The zero-order valence-electron chi connectivity index (χ0n) is 12.3. The van der Waals surface area contributed by atoms with Gasteiger partial charge in [-0.2, -0.15) is 5.26 Å². The Morgan fingerprint density at radius 1 is 1.37 bits per heavy atom. The summed E-state index contributed by atoms with van der Waals surface area (Å²) >= 11 is 0. The first kappa shape index (κ1) is 15.3. The number of benzene rings is 1. The van der Waals surface area contributed by atoms with Crippen LogP contribution in [0.25, 0.3) is 0 Å². The molecule has 0 aliphatic heterocycles. The summed E-state index contributed by atoms with van der Waals surface area (Å²) < 4.78 is 0. The van der Waals surface area contributed by atoms with Crippen LogP contribution in [0.3, 0.4) is 0 Å². The first-order valence-corrected chi connectivity index (χ1v) is 6.64. The lowest BCUT2D eigenvalue weighted by molar-refractivity contribution is 0.356. The normalized spacial score (nSPS) is 12.5. The van der Waals surface area contributed by atoms with Crippen LogP contribution in [0, 0.1) is 17.2 Å². The smallest absolute Gasteiger partial charge is 0.101 e. The van der Waals surface area contributed by atoms with Gasteiger partial charge in [0, 0.05) is 12.6 Å². The Balaban J connectivity index is 2.87. The van der Waals surface area contributed by atoms with Crippen LogP contribution < -0.4 is 11.1 Å². The van der Waals surface area contributed by atoms with Crippen LogP contribution in [0.5, 0.6) is 0 Å². The summed E-state index contributed by atoms with van der Waals surface area (Å²) in [7, 11) is 4.12. The molecule has 0 heterocycles. The summed E-state index contributed by atoms with van der Waals surface area (Å²) in [6.07, 6.45) is 1.06. The molecule has 1 aromatic carbocycles. The SMILES string of the molecule is CC(C)CC(CN(C)C)Nc1cccc(C#N)c1N. The lowest BCUT2D eigenvalue weighted by Crippen LogP contribution is -2.33. The Labute approximate surface area is 116 Å². The Morgan fingerprint density at radius 2 is 2.05 bits per heavy atom. The van der Waals surface area contributed by atoms with E-state index in [0.717, 1.165) is 18.7 Å². The second kappa shape index (κ2) is 7.01. The van der Waals surface area contributed by atoms with Gasteiger partial charge < -0.3 is 16.0 Å². The summed E-state index contributed by atoms with van der Waals surface area (Å²) in [5, 5.41) is 12.5. The van der Waals surface area contributed by atoms with Crippen LogP contribution in [-0.2, 0) is 0 Å². The van der Waals surface area contributed by atoms with Crippen molar-refractivity contribution >= 4 is 11.4 Å². The number of likely N-dealkylation sites (N-methyl/N-ethyl adjacent to an activating group) is 1. The molecular weight excluding hydrogens is 236 g/mol. The van der Waals surface area contributed by atoms with Crippen molar-refractivity contribution in [3.63, 3.8) is 0 Å². The molecule has 0 aromatic heterocycles. The summed E-state index contributed by atoms with van der Waals surface area (Å²) in [5.41, 5.74) is 7.92. The zero-order chi connectivity index (χ0) is 14.4. The van der Waals surface area contributed by atoms with Crippen molar-refractivity contribution in [1.82, 2.24) is 4.90 Å². The molecule has 0 radical (unpaired) electrons. The van der Waals surface area contributed by atoms with Gasteiger partial charge in [0.05, 0.1) is 16.9 Å². The molecule has 0 aliphatic carbocycles. The Hall–Kier alpha value is -1.73. The number of nitriles is 1. The Bertz CT molecular complexity index is 436. The summed E-state index contributed by atoms with van der Waals surface area (Å²) in [6.45, 7) is 5.35. The van der Waals surface area contributed by atoms with Gasteiger partial charge in [-0.05, 0) is 38.6 Å². The van der Waals surface area contributed by atoms with E-state index in [0.29, 0.717) is 23.2 Å². The maximum absolute atomic E-state index is 9.00. The minimum absolute atomic E-state index is 0.325. The number of nitrogens with one attached hydrogen (secondary N) is 1. The molecule has 3 N–H and O–H groups in total. The van der Waals surface area contributed by atoms with Crippen LogP contribution in [0.15, 0.2) is 18.2 Å². The number of nitrogens with zero attached hydrogens (tertiary/aromatic N) is 2. The Kier molecular flexibility index (Phi) is 5.65. The van der Waals surface area contributed by atoms with Crippen molar-refractivity contribution in [2.24, 2.45) is 5.92 Å². The van der Waals surface area contributed by atoms with E-state index in [1.807, 2.05) is 12.1 Å². The fourth-order valence-electron chi connectivity index (χ4n) is 2.20. The summed E-state index contributed by atoms with van der Waals surface area (Å²) in [4.78, 5) is 2.16. The molecule has 0 saturated carbocycles. The van der Waals surface area contributed by atoms with E-state index >= 15 is 0 Å². The zero-order valence-corrected chi connectivity index (χ0v) is 12.3. The highest BCUT2D eigenvalue weighted by Crippen LogP contribution is 2.24. The predicted molar refractivity (Wildman–Crippen MR) is 81.0 cm³/mol. The fourth-order valence-corrected chi connectivity index (χ4v) is 2.20. The van der Waals surface area contributed by atoms with Gasteiger partial charge in [0.1, 0.15) is 6.07 Å². The van der Waals surface area contributed by atoms with Gasteiger partial charge in [0.15, 0.2) is 0 Å². The van der Waals surface area contributed by atoms with Gasteiger partial charge in [0.2, 0.25) is 0 Å². The molecule has 0 amide bonds. The molecule has 0 aliphatic rings. The first-order chi connectivity index (χ1) is 8.93. The summed E-state index contributed by atoms with van der Waals surface area (Å²) in [5.74, 6) is 0.609. The lowest BCUT2D eigenvalue weighted by Gasteiger charge is -2.25. The van der Waals surface area contributed by atoms with E-state index in [4.69, 9.17) is 11.0 Å². The van der Waals surface area contributed by atoms with E-state index in [2.05, 4.69) is 44.2 Å². The molecule has 4 heteroatoms. The predicted octanol–water partition coefficient (Wildman–Crippen LogP) is 2.53. The van der Waals surface area contributed by atoms with Crippen LogP contribution in [0.4, 0.5) is 11.4 Å². The van der Waals surface area contributed by atoms with E-state index < -0.39 is 0 Å². The van der Waals surface area contributed by atoms with Crippen LogP contribution in [-0.4, -0.2) is 31.6 Å². The maximum atomic E-state index is 9.00. The molecule has 0 saturated heterocycles. The van der Waals surface area contributed by atoms with Gasteiger partial charge in [0.25, 0.3) is 0 Å². The second-order valence-corrected chi connectivity index (χ2v) is 5.61. The maximum Gasteiger partial charge on any atom is 0.101 e. The number of para-hydroxylation sites is 1. The number of nitrogens with two attached hydrogens (primary N) is 1. The number of hydrogen-bond donors (Lipinski definition) is 2. The minimum atomic E-state index is 0.325. The monoisotopic (exact) mass is 260 g/mol. The number of nitrogen functional groups attached to an aromatic ring is 1. The number of anilines is 2. The second-order valence-electron chi connectivity index (χ2n) is 5.61. The largest absolute Gasteiger partial charge is 0.396 e. The third-order valence-corrected chi connectivity index (χ3v) is 2.93.